The molecule has 0 bridgehead atoms. The Labute approximate surface area is 142 Å². The number of aromatic hydroxyl groups is 1. The van der Waals surface area contributed by atoms with Crippen LogP contribution in [0.4, 0.5) is 0 Å². The number of rotatable bonds is 2. The first-order valence-corrected chi connectivity index (χ1v) is 8.20. The quantitative estimate of drug-likeness (QED) is 0.485. The second-order valence-corrected chi connectivity index (χ2v) is 8.15. The van der Waals surface area contributed by atoms with E-state index in [1.165, 1.54) is 6.08 Å². The molecule has 5 heteroatoms. The lowest BCUT2D eigenvalue weighted by molar-refractivity contribution is -0.107. The van der Waals surface area contributed by atoms with Crippen LogP contribution in [0.15, 0.2) is 17.7 Å². The molecule has 0 saturated carbocycles. The van der Waals surface area contributed by atoms with Crippen molar-refractivity contribution in [2.45, 2.75) is 52.4 Å². The van der Waals surface area contributed by atoms with Crippen LogP contribution in [-0.4, -0.2) is 10.2 Å². The lowest BCUT2D eigenvalue weighted by atomic mass is 9.78. The van der Waals surface area contributed by atoms with Gasteiger partial charge in [-0.25, -0.2) is 0 Å². The molecule has 23 heavy (non-hydrogen) atoms. The van der Waals surface area contributed by atoms with Crippen LogP contribution in [0, 0.1) is 11.3 Å². The molecule has 0 amide bonds. The van der Waals surface area contributed by atoms with E-state index < -0.39 is 5.12 Å². The minimum atomic E-state index is -0.477. The third-order valence-electron chi connectivity index (χ3n) is 3.51. The summed E-state index contributed by atoms with van der Waals surface area (Å²) in [5, 5.41) is 24.6. The van der Waals surface area contributed by atoms with E-state index >= 15 is 0 Å². The van der Waals surface area contributed by atoms with Gasteiger partial charge in [0.2, 0.25) is 5.12 Å². The highest BCUT2D eigenvalue weighted by Crippen LogP contribution is 2.40. The maximum Gasteiger partial charge on any atom is 0.244 e. The molecular weight excluding hydrogens is 308 g/mol. The standard InChI is InChI=1S/C18H24N2O2S/c1-17(2,3)13-8-11(7-12(10-19)16(22)23-20)9-14(15(13)21)18(4,5)6/h7-9,21H,20H2,1-6H3/b12-7+. The van der Waals surface area contributed by atoms with Gasteiger partial charge in [-0.15, -0.1) is 0 Å². The predicted molar refractivity (Wildman–Crippen MR) is 95.9 cm³/mol. The molecule has 0 aliphatic heterocycles. The minimum absolute atomic E-state index is 0.0112. The number of carbonyl (C=O) groups excluding carboxylic acids is 1. The predicted octanol–water partition coefficient (Wildman–Crippen LogP) is 4.03. The van der Waals surface area contributed by atoms with Crippen LogP contribution in [0.3, 0.4) is 0 Å². The molecule has 0 radical (unpaired) electrons. The number of carbonyl (C=O) groups is 1. The first-order chi connectivity index (χ1) is 10.4. The summed E-state index contributed by atoms with van der Waals surface area (Å²) in [4.78, 5) is 11.7. The SMILES string of the molecule is CC(C)(C)c1cc(/C=C(\C#N)C(=O)SN)cc(C(C)(C)C)c1O. The number of nitrogens with two attached hydrogens (primary N) is 1. The second-order valence-electron chi connectivity index (χ2n) is 7.54. The van der Waals surface area contributed by atoms with Crippen LogP contribution >= 0.6 is 11.9 Å². The van der Waals surface area contributed by atoms with Gasteiger partial charge >= 0.3 is 0 Å². The van der Waals surface area contributed by atoms with Gasteiger partial charge in [-0.3, -0.25) is 9.93 Å². The van der Waals surface area contributed by atoms with Gasteiger partial charge in [0, 0.05) is 11.1 Å². The summed E-state index contributed by atoms with van der Waals surface area (Å²) in [6.45, 7) is 12.0. The van der Waals surface area contributed by atoms with Crippen molar-refractivity contribution in [1.82, 2.24) is 0 Å². The Kier molecular flexibility index (Phi) is 5.68. The average molecular weight is 332 g/mol. The smallest absolute Gasteiger partial charge is 0.244 e. The van der Waals surface area contributed by atoms with E-state index in [2.05, 4.69) is 0 Å². The number of nitrogens with zero attached hydrogens (tertiary/aromatic N) is 1. The Balaban J connectivity index is 3.67. The van der Waals surface area contributed by atoms with E-state index in [0.29, 0.717) is 17.5 Å². The Morgan fingerprint density at radius 1 is 1.17 bits per heavy atom. The first kappa shape index (κ1) is 19.3. The zero-order valence-electron chi connectivity index (χ0n) is 14.5. The van der Waals surface area contributed by atoms with Crippen molar-refractivity contribution >= 4 is 23.1 Å². The van der Waals surface area contributed by atoms with Gasteiger partial charge in [-0.05, 0) is 46.6 Å². The van der Waals surface area contributed by atoms with Gasteiger partial charge < -0.3 is 5.11 Å². The Morgan fingerprint density at radius 2 is 1.61 bits per heavy atom. The second kappa shape index (κ2) is 6.77. The van der Waals surface area contributed by atoms with Crippen LogP contribution in [0.2, 0.25) is 0 Å². The third-order valence-corrected chi connectivity index (χ3v) is 3.94. The van der Waals surface area contributed by atoms with Gasteiger partial charge in [0.25, 0.3) is 0 Å². The van der Waals surface area contributed by atoms with E-state index in [9.17, 15) is 9.90 Å². The highest BCUT2D eigenvalue weighted by molar-refractivity contribution is 8.12. The summed E-state index contributed by atoms with van der Waals surface area (Å²) < 4.78 is 0. The number of hydrogen-bond acceptors (Lipinski definition) is 5. The van der Waals surface area contributed by atoms with Crippen molar-refractivity contribution in [1.29, 1.82) is 5.26 Å². The molecule has 0 heterocycles. The lowest BCUT2D eigenvalue weighted by Gasteiger charge is -2.27. The Bertz CT molecular complexity index is 651. The molecule has 124 valence electrons. The fraction of sp³-hybridized carbons (Fsp3) is 0.444. The zero-order chi connectivity index (χ0) is 18.0. The van der Waals surface area contributed by atoms with Gasteiger partial charge in [0.15, 0.2) is 0 Å². The van der Waals surface area contributed by atoms with Crippen molar-refractivity contribution in [2.75, 3.05) is 0 Å². The molecule has 0 fully saturated rings. The molecular formula is C18H24N2O2S. The fourth-order valence-corrected chi connectivity index (χ4v) is 2.48. The van der Waals surface area contributed by atoms with E-state index in [-0.39, 0.29) is 22.2 Å². The molecule has 1 aromatic rings. The Hall–Kier alpha value is -1.77. The maximum absolute atomic E-state index is 11.7. The van der Waals surface area contributed by atoms with Crippen molar-refractivity contribution in [3.63, 3.8) is 0 Å². The number of nitriles is 1. The number of phenols is 1. The molecule has 1 aromatic carbocycles. The van der Waals surface area contributed by atoms with Crippen LogP contribution in [0.5, 0.6) is 5.75 Å². The normalized spacial score (nSPS) is 12.9. The molecule has 3 N–H and O–H groups in total. The zero-order valence-corrected chi connectivity index (χ0v) is 15.3. The summed E-state index contributed by atoms with van der Waals surface area (Å²) in [5.41, 5.74) is 1.71. The molecule has 0 atom stereocenters. The molecule has 0 saturated heterocycles. The molecule has 0 aromatic heterocycles. The summed E-state index contributed by atoms with van der Waals surface area (Å²) in [6.07, 6.45) is 1.52. The molecule has 0 unspecified atom stereocenters. The number of phenolic OH excluding ortho intramolecular Hbond substituents is 1. The Morgan fingerprint density at radius 3 is 1.91 bits per heavy atom. The third kappa shape index (κ3) is 4.60. The van der Waals surface area contributed by atoms with Crippen LogP contribution in [-0.2, 0) is 15.6 Å². The van der Waals surface area contributed by atoms with Crippen LogP contribution < -0.4 is 5.14 Å². The van der Waals surface area contributed by atoms with Crippen molar-refractivity contribution in [3.05, 3.63) is 34.4 Å². The van der Waals surface area contributed by atoms with E-state index in [1.54, 1.807) is 0 Å². The van der Waals surface area contributed by atoms with E-state index in [0.717, 1.165) is 11.1 Å². The van der Waals surface area contributed by atoms with Gasteiger partial charge in [-0.2, -0.15) is 5.26 Å². The summed E-state index contributed by atoms with van der Waals surface area (Å²) in [7, 11) is 0. The molecule has 0 aliphatic carbocycles. The highest BCUT2D eigenvalue weighted by Gasteiger charge is 2.26. The largest absolute Gasteiger partial charge is 0.507 e. The van der Waals surface area contributed by atoms with Gasteiger partial charge in [-0.1, -0.05) is 41.5 Å². The molecule has 0 spiro atoms. The summed E-state index contributed by atoms with van der Waals surface area (Å²) >= 11 is 0.520. The molecule has 0 aliphatic rings. The molecule has 4 nitrogen and oxygen atoms in total. The average Bonchev–Trinajstić information content (AvgIpc) is 2.42. The minimum Gasteiger partial charge on any atom is -0.507 e. The fourth-order valence-electron chi connectivity index (χ4n) is 2.25. The number of benzene rings is 1. The number of hydrogen-bond donors (Lipinski definition) is 2. The first-order valence-electron chi connectivity index (χ1n) is 7.32. The van der Waals surface area contributed by atoms with Crippen molar-refractivity contribution in [3.8, 4) is 11.8 Å². The summed E-state index contributed by atoms with van der Waals surface area (Å²) in [6, 6.07) is 5.51. The molecule has 1 rings (SSSR count). The van der Waals surface area contributed by atoms with E-state index in [4.69, 9.17) is 10.4 Å². The highest BCUT2D eigenvalue weighted by atomic mass is 32.2. The van der Waals surface area contributed by atoms with Crippen LogP contribution in [0.25, 0.3) is 6.08 Å². The van der Waals surface area contributed by atoms with Crippen LogP contribution in [0.1, 0.15) is 58.2 Å². The lowest BCUT2D eigenvalue weighted by Crippen LogP contribution is -2.17. The van der Waals surface area contributed by atoms with E-state index in [1.807, 2.05) is 59.7 Å². The topological polar surface area (TPSA) is 87.1 Å². The summed E-state index contributed by atoms with van der Waals surface area (Å²) in [5.74, 6) is 0.264. The maximum atomic E-state index is 11.7. The van der Waals surface area contributed by atoms with Gasteiger partial charge in [0.05, 0.1) is 0 Å². The van der Waals surface area contributed by atoms with Crippen molar-refractivity contribution in [2.24, 2.45) is 5.14 Å². The monoisotopic (exact) mass is 332 g/mol. The van der Waals surface area contributed by atoms with Gasteiger partial charge in [0.1, 0.15) is 17.4 Å². The van der Waals surface area contributed by atoms with Crippen molar-refractivity contribution < 1.29 is 9.90 Å².